The lowest BCUT2D eigenvalue weighted by Gasteiger charge is -2.32. The summed E-state index contributed by atoms with van der Waals surface area (Å²) in [6.07, 6.45) is 1.79. The summed E-state index contributed by atoms with van der Waals surface area (Å²) < 4.78 is 6.95. The molecule has 202 valence electrons. The minimum absolute atomic E-state index is 0.0958. The van der Waals surface area contributed by atoms with Gasteiger partial charge in [-0.25, -0.2) is 9.50 Å². The van der Waals surface area contributed by atoms with Crippen LogP contribution in [0.1, 0.15) is 28.9 Å². The van der Waals surface area contributed by atoms with E-state index in [4.69, 9.17) is 26.4 Å². The van der Waals surface area contributed by atoms with Crippen molar-refractivity contribution in [1.29, 1.82) is 0 Å². The molecule has 0 bridgehead atoms. The molecule has 1 saturated heterocycles. The number of methoxy groups -OCH3 is 1. The van der Waals surface area contributed by atoms with E-state index in [1.807, 2.05) is 66.7 Å². The number of benzene rings is 3. The third-order valence-corrected chi connectivity index (χ3v) is 7.61. The van der Waals surface area contributed by atoms with Crippen molar-refractivity contribution >= 4 is 23.2 Å². The molecule has 1 aliphatic rings. The molecule has 1 aliphatic heterocycles. The van der Waals surface area contributed by atoms with Crippen LogP contribution in [-0.2, 0) is 6.54 Å². The number of hydrogen-bond donors (Lipinski definition) is 1. The third-order valence-electron chi connectivity index (χ3n) is 7.36. The number of carbonyl (C=O) groups is 1. The molecule has 0 spiro atoms. The Kier molecular flexibility index (Phi) is 7.49. The van der Waals surface area contributed by atoms with Crippen LogP contribution in [0, 0.1) is 0 Å². The fourth-order valence-electron chi connectivity index (χ4n) is 5.14. The molecular formula is C32H30ClN5O2. The van der Waals surface area contributed by atoms with Gasteiger partial charge in [0.15, 0.2) is 5.65 Å². The second-order valence-electron chi connectivity index (χ2n) is 10.1. The Morgan fingerprint density at radius 3 is 2.30 bits per heavy atom. The van der Waals surface area contributed by atoms with Crippen molar-refractivity contribution in [3.05, 3.63) is 107 Å². The Labute approximate surface area is 238 Å². The van der Waals surface area contributed by atoms with Gasteiger partial charge in [0.05, 0.1) is 18.5 Å². The molecular weight excluding hydrogens is 522 g/mol. The van der Waals surface area contributed by atoms with E-state index in [-0.39, 0.29) is 11.9 Å². The average Bonchev–Trinajstić information content (AvgIpc) is 3.43. The van der Waals surface area contributed by atoms with Crippen molar-refractivity contribution in [3.8, 4) is 28.3 Å². The second kappa shape index (κ2) is 11.5. The van der Waals surface area contributed by atoms with Crippen molar-refractivity contribution in [2.45, 2.75) is 25.4 Å². The summed E-state index contributed by atoms with van der Waals surface area (Å²) >= 11 is 6.09. The monoisotopic (exact) mass is 551 g/mol. The molecule has 3 aromatic carbocycles. The molecule has 7 nitrogen and oxygen atoms in total. The lowest BCUT2D eigenvalue weighted by Crippen LogP contribution is -2.44. The maximum absolute atomic E-state index is 13.7. The van der Waals surface area contributed by atoms with E-state index in [9.17, 15) is 4.79 Å². The number of carbonyl (C=O) groups excluding carboxylic acids is 1. The first-order chi connectivity index (χ1) is 19.6. The van der Waals surface area contributed by atoms with Crippen molar-refractivity contribution in [1.82, 2.24) is 24.8 Å². The van der Waals surface area contributed by atoms with Gasteiger partial charge < -0.3 is 10.1 Å². The summed E-state index contributed by atoms with van der Waals surface area (Å²) in [6, 6.07) is 29.5. The highest BCUT2D eigenvalue weighted by molar-refractivity contribution is 6.30. The van der Waals surface area contributed by atoms with Gasteiger partial charge in [0, 0.05) is 47.9 Å². The van der Waals surface area contributed by atoms with E-state index >= 15 is 0 Å². The topological polar surface area (TPSA) is 71.8 Å². The fraction of sp³-hybridized carbons (Fsp3) is 0.219. The van der Waals surface area contributed by atoms with Gasteiger partial charge in [-0.3, -0.25) is 9.69 Å². The molecule has 1 amide bonds. The molecule has 0 aliphatic carbocycles. The Morgan fingerprint density at radius 2 is 1.60 bits per heavy atom. The maximum Gasteiger partial charge on any atom is 0.270 e. The number of nitrogens with one attached hydrogen (secondary N) is 1. The number of hydrogen-bond acceptors (Lipinski definition) is 5. The van der Waals surface area contributed by atoms with Crippen LogP contribution >= 0.6 is 11.6 Å². The van der Waals surface area contributed by atoms with Crippen molar-refractivity contribution in [3.63, 3.8) is 0 Å². The SMILES string of the molecule is COc1ccc(-c2cc(C(=O)NC3CCN(Cc4ccccc4)CC3)n3nc(-c4ccc(Cl)cc4)cc3n2)cc1. The van der Waals surface area contributed by atoms with Crippen LogP contribution in [0.2, 0.25) is 5.02 Å². The van der Waals surface area contributed by atoms with Gasteiger partial charge in [-0.1, -0.05) is 54.1 Å². The number of nitrogens with zero attached hydrogens (tertiary/aromatic N) is 4. The lowest BCUT2D eigenvalue weighted by molar-refractivity contribution is 0.0901. The summed E-state index contributed by atoms with van der Waals surface area (Å²) in [7, 11) is 1.64. The molecule has 40 heavy (non-hydrogen) atoms. The van der Waals surface area contributed by atoms with Gasteiger partial charge >= 0.3 is 0 Å². The van der Waals surface area contributed by atoms with Crippen molar-refractivity contribution in [2.24, 2.45) is 0 Å². The number of aromatic nitrogens is 3. The molecule has 2 aromatic heterocycles. The number of rotatable bonds is 7. The molecule has 6 rings (SSSR count). The third kappa shape index (κ3) is 5.71. The molecule has 1 N–H and O–H groups in total. The molecule has 3 heterocycles. The predicted molar refractivity (Wildman–Crippen MR) is 158 cm³/mol. The van der Waals surface area contributed by atoms with E-state index in [1.165, 1.54) is 5.56 Å². The van der Waals surface area contributed by atoms with Crippen LogP contribution in [0.5, 0.6) is 5.75 Å². The highest BCUT2D eigenvalue weighted by Crippen LogP contribution is 2.26. The zero-order valence-electron chi connectivity index (χ0n) is 22.3. The van der Waals surface area contributed by atoms with Crippen molar-refractivity contribution in [2.75, 3.05) is 20.2 Å². The van der Waals surface area contributed by atoms with Crippen LogP contribution in [0.15, 0.2) is 91.0 Å². The number of amides is 1. The summed E-state index contributed by atoms with van der Waals surface area (Å²) in [4.78, 5) is 21.0. The molecule has 0 radical (unpaired) electrons. The minimum atomic E-state index is -0.158. The van der Waals surface area contributed by atoms with Crippen molar-refractivity contribution < 1.29 is 9.53 Å². The number of piperidine rings is 1. The number of likely N-dealkylation sites (tertiary alicyclic amines) is 1. The molecule has 1 fully saturated rings. The maximum atomic E-state index is 13.7. The molecule has 8 heteroatoms. The van der Waals surface area contributed by atoms with Crippen LogP contribution in [-0.4, -0.2) is 51.6 Å². The van der Waals surface area contributed by atoms with E-state index in [0.717, 1.165) is 55.0 Å². The highest BCUT2D eigenvalue weighted by atomic mass is 35.5. The standard InChI is InChI=1S/C32H30ClN5O2/c1-40-27-13-9-23(10-14-27)28-19-30(38-31(35-28)20-29(36-38)24-7-11-25(33)12-8-24)32(39)34-26-15-17-37(18-16-26)21-22-5-3-2-4-6-22/h2-14,19-20,26H,15-18,21H2,1H3,(H,34,39). The van der Waals surface area contributed by atoms with Crippen LogP contribution in [0.3, 0.4) is 0 Å². The predicted octanol–water partition coefficient (Wildman–Crippen LogP) is 6.12. The quantitative estimate of drug-likeness (QED) is 0.264. The average molecular weight is 552 g/mol. The van der Waals surface area contributed by atoms with Gasteiger partial charge in [-0.15, -0.1) is 0 Å². The molecule has 5 aromatic rings. The molecule has 0 atom stereocenters. The van der Waals surface area contributed by atoms with E-state index in [0.29, 0.717) is 22.1 Å². The Morgan fingerprint density at radius 1 is 0.925 bits per heavy atom. The van der Waals surface area contributed by atoms with Gasteiger partial charge in [0.1, 0.15) is 11.4 Å². The zero-order chi connectivity index (χ0) is 27.5. The highest BCUT2D eigenvalue weighted by Gasteiger charge is 2.24. The smallest absolute Gasteiger partial charge is 0.270 e. The summed E-state index contributed by atoms with van der Waals surface area (Å²) in [5.41, 5.74) is 5.56. The summed E-state index contributed by atoms with van der Waals surface area (Å²) in [5, 5.41) is 8.70. The summed E-state index contributed by atoms with van der Waals surface area (Å²) in [5.74, 6) is 0.602. The van der Waals surface area contributed by atoms with Gasteiger partial charge in [-0.2, -0.15) is 5.10 Å². The number of halogens is 1. The van der Waals surface area contributed by atoms with Gasteiger partial charge in [0.2, 0.25) is 0 Å². The van der Waals surface area contributed by atoms with Gasteiger partial charge in [0.25, 0.3) is 5.91 Å². The van der Waals surface area contributed by atoms with Crippen LogP contribution < -0.4 is 10.1 Å². The fourth-order valence-corrected chi connectivity index (χ4v) is 5.27. The lowest BCUT2D eigenvalue weighted by atomic mass is 10.0. The van der Waals surface area contributed by atoms with E-state index in [1.54, 1.807) is 11.6 Å². The Bertz CT molecular complexity index is 1610. The Balaban J connectivity index is 1.26. The van der Waals surface area contributed by atoms with E-state index in [2.05, 4.69) is 34.5 Å². The number of fused-ring (bicyclic) bond motifs is 1. The van der Waals surface area contributed by atoms with Gasteiger partial charge in [-0.05, 0) is 60.9 Å². The summed E-state index contributed by atoms with van der Waals surface area (Å²) in [6.45, 7) is 2.80. The Hall–Kier alpha value is -4.20. The first kappa shape index (κ1) is 26.0. The van der Waals surface area contributed by atoms with Crippen LogP contribution in [0.25, 0.3) is 28.2 Å². The molecule has 0 unspecified atom stereocenters. The largest absolute Gasteiger partial charge is 0.497 e. The first-order valence-electron chi connectivity index (χ1n) is 13.4. The number of ether oxygens (including phenoxy) is 1. The van der Waals surface area contributed by atoms with Crippen LogP contribution in [0.4, 0.5) is 0 Å². The van der Waals surface area contributed by atoms with E-state index < -0.39 is 0 Å². The minimum Gasteiger partial charge on any atom is -0.497 e. The first-order valence-corrected chi connectivity index (χ1v) is 13.8. The normalized spacial score (nSPS) is 14.3. The molecule has 0 saturated carbocycles. The zero-order valence-corrected chi connectivity index (χ0v) is 23.0. The second-order valence-corrected chi connectivity index (χ2v) is 10.5.